The highest BCUT2D eigenvalue weighted by molar-refractivity contribution is 5.48. The Morgan fingerprint density at radius 1 is 1.25 bits per heavy atom. The van der Waals surface area contributed by atoms with E-state index in [4.69, 9.17) is 0 Å². The summed E-state index contributed by atoms with van der Waals surface area (Å²) in [6.07, 6.45) is 4.16. The minimum absolute atomic E-state index is 0.692. The first-order chi connectivity index (χ1) is 7.72. The molecule has 0 saturated carbocycles. The lowest BCUT2D eigenvalue weighted by Gasteiger charge is -2.24. The number of aryl methyl sites for hydroxylation is 1. The third kappa shape index (κ3) is 3.08. The molecule has 0 aliphatic rings. The molecule has 0 aliphatic carbocycles. The monoisotopic (exact) mass is 222 g/mol. The van der Waals surface area contributed by atoms with Crippen molar-refractivity contribution in [1.82, 2.24) is 9.97 Å². The molecule has 0 fully saturated rings. The number of hydrogen-bond donors (Lipinski definition) is 1. The maximum atomic E-state index is 4.53. The van der Waals surface area contributed by atoms with E-state index in [1.165, 1.54) is 0 Å². The van der Waals surface area contributed by atoms with Crippen LogP contribution in [0, 0.1) is 6.92 Å². The van der Waals surface area contributed by atoms with Crippen LogP contribution in [-0.4, -0.2) is 30.1 Å². The number of anilines is 2. The fourth-order valence-electron chi connectivity index (χ4n) is 1.74. The SMILES string of the molecule is CCCN(CCC)c1nc(NC)ncc1C. The second-order valence-electron chi connectivity index (χ2n) is 3.94. The molecule has 16 heavy (non-hydrogen) atoms. The number of nitrogens with one attached hydrogen (secondary N) is 1. The molecule has 4 heteroatoms. The van der Waals surface area contributed by atoms with Gasteiger partial charge in [-0.1, -0.05) is 13.8 Å². The molecule has 4 nitrogen and oxygen atoms in total. The van der Waals surface area contributed by atoms with E-state index < -0.39 is 0 Å². The predicted octanol–water partition coefficient (Wildman–Crippen LogP) is 2.45. The standard InChI is InChI=1S/C12H22N4/c1-5-7-16(8-6-2)11-10(3)9-14-12(13-4)15-11/h9H,5-8H2,1-4H3,(H,13,14,15). The summed E-state index contributed by atoms with van der Waals surface area (Å²) >= 11 is 0. The van der Waals surface area contributed by atoms with Crippen LogP contribution in [0.1, 0.15) is 32.3 Å². The van der Waals surface area contributed by atoms with E-state index in [0.717, 1.165) is 37.3 Å². The van der Waals surface area contributed by atoms with Gasteiger partial charge in [-0.3, -0.25) is 0 Å². The highest BCUT2D eigenvalue weighted by atomic mass is 15.2. The first-order valence-electron chi connectivity index (χ1n) is 5.99. The smallest absolute Gasteiger partial charge is 0.224 e. The van der Waals surface area contributed by atoms with Crippen LogP contribution in [0.2, 0.25) is 0 Å². The quantitative estimate of drug-likeness (QED) is 0.802. The van der Waals surface area contributed by atoms with Crippen LogP contribution in [0.25, 0.3) is 0 Å². The fourth-order valence-corrected chi connectivity index (χ4v) is 1.74. The number of hydrogen-bond acceptors (Lipinski definition) is 4. The van der Waals surface area contributed by atoms with Gasteiger partial charge < -0.3 is 10.2 Å². The summed E-state index contributed by atoms with van der Waals surface area (Å²) < 4.78 is 0. The van der Waals surface area contributed by atoms with Gasteiger partial charge in [0.1, 0.15) is 5.82 Å². The number of rotatable bonds is 6. The van der Waals surface area contributed by atoms with Crippen LogP contribution in [0.3, 0.4) is 0 Å². The molecule has 0 atom stereocenters. The lowest BCUT2D eigenvalue weighted by atomic mass is 10.3. The molecule has 1 aromatic heterocycles. The van der Waals surface area contributed by atoms with E-state index in [-0.39, 0.29) is 0 Å². The maximum absolute atomic E-state index is 4.53. The lowest BCUT2D eigenvalue weighted by molar-refractivity contribution is 0.730. The van der Waals surface area contributed by atoms with Crippen LogP contribution in [0.15, 0.2) is 6.20 Å². The van der Waals surface area contributed by atoms with Crippen molar-refractivity contribution in [2.45, 2.75) is 33.6 Å². The van der Waals surface area contributed by atoms with Crippen LogP contribution < -0.4 is 10.2 Å². The Kier molecular flexibility index (Phi) is 5.02. The Morgan fingerprint density at radius 2 is 1.88 bits per heavy atom. The molecule has 0 radical (unpaired) electrons. The van der Waals surface area contributed by atoms with Crippen molar-refractivity contribution in [2.24, 2.45) is 0 Å². The van der Waals surface area contributed by atoms with Gasteiger partial charge in [0.15, 0.2) is 0 Å². The molecule has 0 saturated heterocycles. The topological polar surface area (TPSA) is 41.1 Å². The Bertz CT molecular complexity index is 319. The molecule has 0 bridgehead atoms. The molecule has 1 aromatic rings. The summed E-state index contributed by atoms with van der Waals surface area (Å²) in [7, 11) is 1.85. The largest absolute Gasteiger partial charge is 0.357 e. The van der Waals surface area contributed by atoms with E-state index in [0.29, 0.717) is 5.95 Å². The molecule has 90 valence electrons. The van der Waals surface area contributed by atoms with Crippen molar-refractivity contribution in [3.8, 4) is 0 Å². The van der Waals surface area contributed by atoms with Crippen molar-refractivity contribution in [1.29, 1.82) is 0 Å². The van der Waals surface area contributed by atoms with Crippen molar-refractivity contribution in [3.05, 3.63) is 11.8 Å². The number of aromatic nitrogens is 2. The summed E-state index contributed by atoms with van der Waals surface area (Å²) in [6, 6.07) is 0. The molecular formula is C12H22N4. The average molecular weight is 222 g/mol. The molecule has 1 rings (SSSR count). The third-order valence-corrected chi connectivity index (χ3v) is 2.46. The van der Waals surface area contributed by atoms with Gasteiger partial charge in [0.2, 0.25) is 5.95 Å². The Hall–Kier alpha value is -1.32. The Labute approximate surface area is 98.1 Å². The van der Waals surface area contributed by atoms with Gasteiger partial charge in [0, 0.05) is 31.9 Å². The molecule has 0 unspecified atom stereocenters. The molecule has 0 amide bonds. The van der Waals surface area contributed by atoms with Gasteiger partial charge in [-0.2, -0.15) is 4.98 Å². The molecule has 0 spiro atoms. The normalized spacial score (nSPS) is 10.2. The van der Waals surface area contributed by atoms with Gasteiger partial charge in [-0.25, -0.2) is 4.98 Å². The summed E-state index contributed by atoms with van der Waals surface area (Å²) in [5.41, 5.74) is 1.14. The van der Waals surface area contributed by atoms with Gasteiger partial charge in [-0.15, -0.1) is 0 Å². The van der Waals surface area contributed by atoms with Gasteiger partial charge in [0.05, 0.1) is 0 Å². The zero-order chi connectivity index (χ0) is 12.0. The van der Waals surface area contributed by atoms with Crippen LogP contribution in [0.5, 0.6) is 0 Å². The third-order valence-electron chi connectivity index (χ3n) is 2.46. The van der Waals surface area contributed by atoms with Gasteiger partial charge >= 0.3 is 0 Å². The molecule has 1 heterocycles. The van der Waals surface area contributed by atoms with Crippen molar-refractivity contribution in [2.75, 3.05) is 30.4 Å². The average Bonchev–Trinajstić information content (AvgIpc) is 2.29. The van der Waals surface area contributed by atoms with Crippen LogP contribution in [-0.2, 0) is 0 Å². The summed E-state index contributed by atoms with van der Waals surface area (Å²) in [4.78, 5) is 11.1. The predicted molar refractivity (Wildman–Crippen MR) is 69.1 cm³/mol. The molecule has 0 aliphatic heterocycles. The van der Waals surface area contributed by atoms with Crippen molar-refractivity contribution in [3.63, 3.8) is 0 Å². The minimum Gasteiger partial charge on any atom is -0.357 e. The first kappa shape index (κ1) is 12.7. The molecular weight excluding hydrogens is 200 g/mol. The highest BCUT2D eigenvalue weighted by Crippen LogP contribution is 2.18. The van der Waals surface area contributed by atoms with Gasteiger partial charge in [-0.05, 0) is 19.8 Å². The van der Waals surface area contributed by atoms with E-state index in [1.54, 1.807) is 0 Å². The Morgan fingerprint density at radius 3 is 2.38 bits per heavy atom. The molecule has 1 N–H and O–H groups in total. The zero-order valence-corrected chi connectivity index (χ0v) is 10.7. The number of nitrogens with zero attached hydrogens (tertiary/aromatic N) is 3. The Balaban J connectivity index is 2.96. The zero-order valence-electron chi connectivity index (χ0n) is 10.7. The van der Waals surface area contributed by atoms with E-state index >= 15 is 0 Å². The summed E-state index contributed by atoms with van der Waals surface area (Å²) in [5.74, 6) is 1.75. The van der Waals surface area contributed by atoms with Gasteiger partial charge in [0.25, 0.3) is 0 Å². The van der Waals surface area contributed by atoms with Crippen molar-refractivity contribution < 1.29 is 0 Å². The summed E-state index contributed by atoms with van der Waals surface area (Å²) in [6.45, 7) is 8.55. The fraction of sp³-hybridized carbons (Fsp3) is 0.667. The van der Waals surface area contributed by atoms with E-state index in [9.17, 15) is 0 Å². The van der Waals surface area contributed by atoms with Crippen molar-refractivity contribution >= 4 is 11.8 Å². The minimum atomic E-state index is 0.692. The second-order valence-corrected chi connectivity index (χ2v) is 3.94. The highest BCUT2D eigenvalue weighted by Gasteiger charge is 2.10. The molecule has 0 aromatic carbocycles. The first-order valence-corrected chi connectivity index (χ1v) is 5.99. The second kappa shape index (κ2) is 6.30. The lowest BCUT2D eigenvalue weighted by Crippen LogP contribution is -2.27. The summed E-state index contributed by atoms with van der Waals surface area (Å²) in [5, 5.41) is 2.98. The van der Waals surface area contributed by atoms with Crippen LogP contribution >= 0.6 is 0 Å². The van der Waals surface area contributed by atoms with E-state index in [2.05, 4.69) is 41.0 Å². The van der Waals surface area contributed by atoms with E-state index in [1.807, 2.05) is 13.2 Å². The van der Waals surface area contributed by atoms with Crippen LogP contribution in [0.4, 0.5) is 11.8 Å². The maximum Gasteiger partial charge on any atom is 0.224 e.